The monoisotopic (exact) mass is 505 g/mol. The van der Waals surface area contributed by atoms with Gasteiger partial charge in [0.1, 0.15) is 11.6 Å². The Morgan fingerprint density at radius 3 is 2.47 bits per heavy atom. The van der Waals surface area contributed by atoms with Gasteiger partial charge in [-0.05, 0) is 30.5 Å². The van der Waals surface area contributed by atoms with Crippen molar-refractivity contribution in [2.24, 2.45) is 0 Å². The second-order valence-electron chi connectivity index (χ2n) is 8.10. The number of thioether (sulfide) groups is 1. The van der Waals surface area contributed by atoms with E-state index >= 15 is 0 Å². The van der Waals surface area contributed by atoms with E-state index in [2.05, 4.69) is 49.7 Å². The van der Waals surface area contributed by atoms with Crippen molar-refractivity contribution in [2.45, 2.75) is 5.16 Å². The van der Waals surface area contributed by atoms with Gasteiger partial charge in [0, 0.05) is 69.1 Å². The molecule has 1 aromatic heterocycles. The molecule has 11 heteroatoms. The maximum atomic E-state index is 12.4. The van der Waals surface area contributed by atoms with Crippen molar-refractivity contribution in [3.8, 4) is 0 Å². The highest BCUT2D eigenvalue weighted by Gasteiger charge is 2.22. The van der Waals surface area contributed by atoms with Crippen molar-refractivity contribution in [1.29, 1.82) is 0 Å². The van der Waals surface area contributed by atoms with Crippen molar-refractivity contribution in [1.82, 2.24) is 20.2 Å². The molecule has 2 saturated heterocycles. The lowest BCUT2D eigenvalue weighted by Gasteiger charge is -2.35. The minimum atomic E-state index is 0.111. The number of rotatable bonds is 9. The number of hydrogen-bond acceptors (Lipinski definition) is 9. The van der Waals surface area contributed by atoms with Crippen LogP contribution in [0.15, 0.2) is 35.5 Å². The van der Waals surface area contributed by atoms with Crippen LogP contribution in [0.3, 0.4) is 0 Å². The molecule has 184 valence electrons. The molecule has 0 aliphatic carbocycles. The Morgan fingerprint density at radius 1 is 1.06 bits per heavy atom. The van der Waals surface area contributed by atoms with Gasteiger partial charge in [0.05, 0.1) is 19.8 Å². The van der Waals surface area contributed by atoms with Gasteiger partial charge in [-0.1, -0.05) is 11.8 Å². The summed E-state index contributed by atoms with van der Waals surface area (Å²) in [6.07, 6.45) is 1.98. The highest BCUT2D eigenvalue weighted by atomic mass is 35.5. The fourth-order valence-electron chi connectivity index (χ4n) is 4.01. The van der Waals surface area contributed by atoms with E-state index in [0.717, 1.165) is 56.7 Å². The largest absolute Gasteiger partial charge is 0.378 e. The van der Waals surface area contributed by atoms with E-state index in [0.29, 0.717) is 37.2 Å². The van der Waals surface area contributed by atoms with Crippen LogP contribution in [0.4, 0.5) is 23.0 Å². The number of piperazine rings is 1. The summed E-state index contributed by atoms with van der Waals surface area (Å²) in [6, 6.07) is 10.4. The molecule has 2 aliphatic rings. The molecule has 9 nitrogen and oxygen atoms in total. The van der Waals surface area contributed by atoms with E-state index < -0.39 is 0 Å². The summed E-state index contributed by atoms with van der Waals surface area (Å²) in [7, 11) is 0. The number of hydrogen-bond donors (Lipinski definition) is 2. The number of benzene rings is 1. The van der Waals surface area contributed by atoms with E-state index in [1.54, 1.807) is 0 Å². The summed E-state index contributed by atoms with van der Waals surface area (Å²) >= 11 is 7.18. The molecule has 1 amide bonds. The summed E-state index contributed by atoms with van der Waals surface area (Å²) in [5, 5.41) is 7.21. The molecule has 0 atom stereocenters. The lowest BCUT2D eigenvalue weighted by molar-refractivity contribution is -0.130. The molecular weight excluding hydrogens is 474 g/mol. The van der Waals surface area contributed by atoms with Gasteiger partial charge in [-0.15, -0.1) is 11.6 Å². The first-order valence-electron chi connectivity index (χ1n) is 11.6. The lowest BCUT2D eigenvalue weighted by Crippen LogP contribution is -2.51. The van der Waals surface area contributed by atoms with Crippen LogP contribution in [0.5, 0.6) is 0 Å². The molecule has 2 N–H and O–H groups in total. The highest BCUT2D eigenvalue weighted by molar-refractivity contribution is 7.98. The quantitative estimate of drug-likeness (QED) is 0.230. The van der Waals surface area contributed by atoms with Crippen molar-refractivity contribution in [3.63, 3.8) is 0 Å². The molecule has 0 unspecified atom stereocenters. The molecule has 3 heterocycles. The molecule has 0 saturated carbocycles. The number of morpholine rings is 1. The average Bonchev–Trinajstić information content (AvgIpc) is 2.89. The standard InChI is InChI=1S/C23H32ClN7O2S/c1-34-23-27-20(26-18-2-4-19(5-3-18)29-12-14-33-15-13-29)16-21(28-23)30-8-10-31(11-9-30)22(32)17-25-7-6-24/h2-5,16,25H,6-15,17H2,1H3,(H,26,27,28). The van der Waals surface area contributed by atoms with E-state index in [4.69, 9.17) is 21.3 Å². The predicted octanol–water partition coefficient (Wildman–Crippen LogP) is 2.26. The van der Waals surface area contributed by atoms with Crippen molar-refractivity contribution >= 4 is 52.3 Å². The molecule has 2 aromatic rings. The van der Waals surface area contributed by atoms with E-state index in [1.165, 1.54) is 17.4 Å². The van der Waals surface area contributed by atoms with E-state index in [-0.39, 0.29) is 5.91 Å². The molecule has 4 rings (SSSR count). The minimum Gasteiger partial charge on any atom is -0.378 e. The third-order valence-corrected chi connectivity index (χ3v) is 6.63. The first kappa shape index (κ1) is 24.8. The number of ether oxygens (including phenoxy) is 1. The van der Waals surface area contributed by atoms with Crippen LogP contribution >= 0.6 is 23.4 Å². The summed E-state index contributed by atoms with van der Waals surface area (Å²) in [6.45, 7) is 7.16. The summed E-state index contributed by atoms with van der Waals surface area (Å²) < 4.78 is 5.44. The molecule has 2 fully saturated rings. The van der Waals surface area contributed by atoms with Gasteiger partial charge in [-0.2, -0.15) is 0 Å². The van der Waals surface area contributed by atoms with Gasteiger partial charge in [0.2, 0.25) is 5.91 Å². The Balaban J connectivity index is 1.38. The van der Waals surface area contributed by atoms with Gasteiger partial charge in [-0.3, -0.25) is 4.79 Å². The molecule has 34 heavy (non-hydrogen) atoms. The number of nitrogens with one attached hydrogen (secondary N) is 2. The smallest absolute Gasteiger partial charge is 0.236 e. The minimum absolute atomic E-state index is 0.111. The molecular formula is C23H32ClN7O2S. The third kappa shape index (κ3) is 6.65. The molecule has 0 radical (unpaired) electrons. The number of alkyl halides is 1. The van der Waals surface area contributed by atoms with Crippen LogP contribution in [0, 0.1) is 0 Å². The molecule has 0 spiro atoms. The van der Waals surface area contributed by atoms with Crippen LogP contribution < -0.4 is 20.4 Å². The van der Waals surface area contributed by atoms with Crippen LogP contribution in [0.2, 0.25) is 0 Å². The number of amides is 1. The Labute approximate surface area is 210 Å². The first-order valence-corrected chi connectivity index (χ1v) is 13.3. The number of halogens is 1. The first-order chi connectivity index (χ1) is 16.7. The molecule has 0 bridgehead atoms. The zero-order valence-corrected chi connectivity index (χ0v) is 21.1. The van der Waals surface area contributed by atoms with E-state index in [1.807, 2.05) is 17.2 Å². The number of aromatic nitrogens is 2. The zero-order chi connectivity index (χ0) is 23.8. The van der Waals surface area contributed by atoms with Gasteiger partial charge >= 0.3 is 0 Å². The van der Waals surface area contributed by atoms with Crippen LogP contribution in [-0.2, 0) is 9.53 Å². The summed E-state index contributed by atoms with van der Waals surface area (Å²) in [5.74, 6) is 2.25. The fraction of sp³-hybridized carbons (Fsp3) is 0.522. The van der Waals surface area contributed by atoms with Crippen molar-refractivity contribution in [3.05, 3.63) is 30.3 Å². The van der Waals surface area contributed by atoms with Crippen LogP contribution in [-0.4, -0.2) is 98.5 Å². The normalized spacial score (nSPS) is 16.6. The number of carbonyl (C=O) groups is 1. The molecule has 2 aliphatic heterocycles. The zero-order valence-electron chi connectivity index (χ0n) is 19.5. The number of carbonyl (C=O) groups excluding carboxylic acids is 1. The maximum Gasteiger partial charge on any atom is 0.236 e. The van der Waals surface area contributed by atoms with Gasteiger partial charge in [0.25, 0.3) is 0 Å². The van der Waals surface area contributed by atoms with Gasteiger partial charge < -0.3 is 30.1 Å². The van der Waals surface area contributed by atoms with E-state index in [9.17, 15) is 4.79 Å². The molecule has 1 aromatic carbocycles. The second kappa shape index (κ2) is 12.4. The Bertz CT molecular complexity index is 935. The highest BCUT2D eigenvalue weighted by Crippen LogP contribution is 2.25. The second-order valence-corrected chi connectivity index (χ2v) is 9.25. The average molecular weight is 506 g/mol. The SMILES string of the molecule is CSc1nc(Nc2ccc(N3CCOCC3)cc2)cc(N2CCN(C(=O)CNCCCl)CC2)n1. The Kier molecular flexibility index (Phi) is 9.09. The van der Waals surface area contributed by atoms with Gasteiger partial charge in [0.15, 0.2) is 5.16 Å². The third-order valence-electron chi connectivity index (χ3n) is 5.89. The maximum absolute atomic E-state index is 12.4. The lowest BCUT2D eigenvalue weighted by atomic mass is 10.2. The van der Waals surface area contributed by atoms with Crippen molar-refractivity contribution in [2.75, 3.05) is 92.8 Å². The number of nitrogens with zero attached hydrogens (tertiary/aromatic N) is 5. The summed E-state index contributed by atoms with van der Waals surface area (Å²) in [5.41, 5.74) is 2.18. The van der Waals surface area contributed by atoms with Gasteiger partial charge in [-0.25, -0.2) is 9.97 Å². The topological polar surface area (TPSA) is 85.9 Å². The predicted molar refractivity (Wildman–Crippen MR) is 139 cm³/mol. The van der Waals surface area contributed by atoms with Crippen molar-refractivity contribution < 1.29 is 9.53 Å². The fourth-order valence-corrected chi connectivity index (χ4v) is 4.52. The Morgan fingerprint density at radius 2 is 1.79 bits per heavy atom. The van der Waals surface area contributed by atoms with Crippen LogP contribution in [0.25, 0.3) is 0 Å². The summed E-state index contributed by atoms with van der Waals surface area (Å²) in [4.78, 5) is 28.1. The Hall–Kier alpha value is -2.27. The number of anilines is 4. The van der Waals surface area contributed by atoms with Crippen LogP contribution in [0.1, 0.15) is 0 Å².